The van der Waals surface area contributed by atoms with Crippen LogP contribution in [-0.4, -0.2) is 59.4 Å². The molecule has 1 amide bonds. The quantitative estimate of drug-likeness (QED) is 0.851. The second-order valence-electron chi connectivity index (χ2n) is 7.71. The summed E-state index contributed by atoms with van der Waals surface area (Å²) in [5.41, 5.74) is 3.55. The molecule has 2 N–H and O–H groups in total. The van der Waals surface area contributed by atoms with Crippen molar-refractivity contribution in [1.82, 2.24) is 20.4 Å². The minimum atomic E-state index is -0.0437. The van der Waals surface area contributed by atoms with Crippen LogP contribution in [0.15, 0.2) is 30.5 Å². The van der Waals surface area contributed by atoms with Crippen molar-refractivity contribution in [3.63, 3.8) is 0 Å². The Balaban J connectivity index is 1.33. The summed E-state index contributed by atoms with van der Waals surface area (Å²) in [6, 6.07) is 8.33. The molecule has 4 rings (SSSR count). The van der Waals surface area contributed by atoms with Crippen LogP contribution in [0.25, 0.3) is 11.3 Å². The van der Waals surface area contributed by atoms with Crippen LogP contribution >= 0.6 is 0 Å². The zero-order valence-corrected chi connectivity index (χ0v) is 15.9. The Morgan fingerprint density at radius 3 is 2.93 bits per heavy atom. The van der Waals surface area contributed by atoms with Crippen molar-refractivity contribution in [2.75, 3.05) is 26.2 Å². The number of benzene rings is 1. The highest BCUT2D eigenvalue weighted by Gasteiger charge is 2.25. The van der Waals surface area contributed by atoms with Crippen LogP contribution in [-0.2, 0) is 4.74 Å². The molecule has 6 nitrogen and oxygen atoms in total. The van der Waals surface area contributed by atoms with E-state index in [4.69, 9.17) is 4.74 Å². The minimum Gasteiger partial charge on any atom is -0.377 e. The van der Waals surface area contributed by atoms with E-state index in [2.05, 4.69) is 26.5 Å². The summed E-state index contributed by atoms with van der Waals surface area (Å²) in [6.45, 7) is 6.01. The van der Waals surface area contributed by atoms with Crippen molar-refractivity contribution in [1.29, 1.82) is 0 Å². The van der Waals surface area contributed by atoms with Gasteiger partial charge in [0, 0.05) is 37.8 Å². The predicted octanol–water partition coefficient (Wildman–Crippen LogP) is 2.76. The van der Waals surface area contributed by atoms with Crippen LogP contribution in [0.5, 0.6) is 0 Å². The zero-order valence-electron chi connectivity index (χ0n) is 15.9. The highest BCUT2D eigenvalue weighted by atomic mass is 16.5. The second-order valence-corrected chi connectivity index (χ2v) is 7.71. The van der Waals surface area contributed by atoms with Gasteiger partial charge in [0.15, 0.2) is 0 Å². The summed E-state index contributed by atoms with van der Waals surface area (Å²) in [5, 5.41) is 10.3. The van der Waals surface area contributed by atoms with Crippen LogP contribution < -0.4 is 5.32 Å². The van der Waals surface area contributed by atoms with E-state index in [0.29, 0.717) is 11.7 Å². The Hall–Kier alpha value is -2.18. The van der Waals surface area contributed by atoms with E-state index in [9.17, 15) is 4.79 Å². The SMILES string of the molecule is Cc1cccc(-c2[nH]ncc2C(=O)NC2CCN(C[C@@H]3CCCO3)CC2)c1. The first-order valence-corrected chi connectivity index (χ1v) is 9.94. The molecule has 2 fully saturated rings. The largest absolute Gasteiger partial charge is 0.377 e. The number of H-pyrrole nitrogens is 1. The van der Waals surface area contributed by atoms with E-state index in [-0.39, 0.29) is 11.9 Å². The number of hydrogen-bond donors (Lipinski definition) is 2. The van der Waals surface area contributed by atoms with Crippen molar-refractivity contribution in [3.05, 3.63) is 41.6 Å². The molecule has 1 aromatic heterocycles. The summed E-state index contributed by atoms with van der Waals surface area (Å²) >= 11 is 0. The number of likely N-dealkylation sites (tertiary alicyclic amines) is 1. The van der Waals surface area contributed by atoms with E-state index in [0.717, 1.165) is 55.9 Å². The fourth-order valence-electron chi connectivity index (χ4n) is 4.08. The Kier molecular flexibility index (Phi) is 5.55. The number of nitrogens with zero attached hydrogens (tertiary/aromatic N) is 2. The molecular formula is C21H28N4O2. The number of aromatic amines is 1. The van der Waals surface area contributed by atoms with Crippen molar-refractivity contribution < 1.29 is 9.53 Å². The average molecular weight is 368 g/mol. The lowest BCUT2D eigenvalue weighted by Crippen LogP contribution is -2.46. The monoisotopic (exact) mass is 368 g/mol. The molecule has 2 aliphatic rings. The molecule has 0 spiro atoms. The zero-order chi connectivity index (χ0) is 18.6. The predicted molar refractivity (Wildman–Crippen MR) is 105 cm³/mol. The lowest BCUT2D eigenvalue weighted by atomic mass is 10.0. The van der Waals surface area contributed by atoms with Crippen LogP contribution in [0, 0.1) is 6.92 Å². The number of carbonyl (C=O) groups is 1. The lowest BCUT2D eigenvalue weighted by molar-refractivity contribution is 0.0613. The van der Waals surface area contributed by atoms with Gasteiger partial charge >= 0.3 is 0 Å². The van der Waals surface area contributed by atoms with Gasteiger partial charge in [-0.15, -0.1) is 0 Å². The smallest absolute Gasteiger partial charge is 0.255 e. The molecule has 2 aliphatic heterocycles. The van der Waals surface area contributed by atoms with Gasteiger partial charge in [0.1, 0.15) is 0 Å². The molecule has 2 aromatic rings. The molecule has 0 aliphatic carbocycles. The van der Waals surface area contributed by atoms with Gasteiger partial charge in [-0.25, -0.2) is 0 Å². The van der Waals surface area contributed by atoms with Gasteiger partial charge in [-0.2, -0.15) is 5.10 Å². The summed E-state index contributed by atoms with van der Waals surface area (Å²) in [7, 11) is 0. The van der Waals surface area contributed by atoms with Crippen LogP contribution in [0.3, 0.4) is 0 Å². The highest BCUT2D eigenvalue weighted by molar-refractivity contribution is 5.99. The van der Waals surface area contributed by atoms with Crippen LogP contribution in [0.1, 0.15) is 41.6 Å². The number of piperidine rings is 1. The first-order valence-electron chi connectivity index (χ1n) is 9.94. The first kappa shape index (κ1) is 18.2. The third-order valence-corrected chi connectivity index (χ3v) is 5.60. The molecule has 144 valence electrons. The fourth-order valence-corrected chi connectivity index (χ4v) is 4.08. The third kappa shape index (κ3) is 4.39. The number of ether oxygens (including phenoxy) is 1. The molecule has 0 saturated carbocycles. The van der Waals surface area contributed by atoms with E-state index < -0.39 is 0 Å². The molecule has 3 heterocycles. The number of carbonyl (C=O) groups excluding carboxylic acids is 1. The average Bonchev–Trinajstić information content (AvgIpc) is 3.35. The maximum absolute atomic E-state index is 12.8. The number of hydrogen-bond acceptors (Lipinski definition) is 4. The highest BCUT2D eigenvalue weighted by Crippen LogP contribution is 2.23. The maximum Gasteiger partial charge on any atom is 0.255 e. The standard InChI is InChI=1S/C21H28N4O2/c1-15-4-2-5-16(12-15)20-19(13-22-24-20)21(26)23-17-7-9-25(10-8-17)14-18-6-3-11-27-18/h2,4-5,12-13,17-18H,3,6-11,14H2,1H3,(H,22,24)(H,23,26)/t18-/m0/s1. The van der Waals surface area contributed by atoms with Gasteiger partial charge in [-0.05, 0) is 38.7 Å². The lowest BCUT2D eigenvalue weighted by Gasteiger charge is -2.33. The third-order valence-electron chi connectivity index (χ3n) is 5.60. The maximum atomic E-state index is 12.8. The Morgan fingerprint density at radius 1 is 1.33 bits per heavy atom. The summed E-state index contributed by atoms with van der Waals surface area (Å²) in [6.07, 6.45) is 6.36. The molecule has 27 heavy (non-hydrogen) atoms. The molecule has 6 heteroatoms. The number of aryl methyl sites for hydroxylation is 1. The Bertz CT molecular complexity index is 774. The Morgan fingerprint density at radius 2 is 2.19 bits per heavy atom. The van der Waals surface area contributed by atoms with E-state index in [1.165, 1.54) is 12.8 Å². The van der Waals surface area contributed by atoms with Gasteiger partial charge < -0.3 is 15.0 Å². The van der Waals surface area contributed by atoms with Gasteiger partial charge in [0.05, 0.1) is 23.6 Å². The van der Waals surface area contributed by atoms with Crippen LogP contribution in [0.4, 0.5) is 0 Å². The minimum absolute atomic E-state index is 0.0437. The summed E-state index contributed by atoms with van der Waals surface area (Å²) in [5.74, 6) is -0.0437. The molecule has 0 unspecified atom stereocenters. The van der Waals surface area contributed by atoms with E-state index in [1.807, 2.05) is 25.1 Å². The topological polar surface area (TPSA) is 70.2 Å². The number of aromatic nitrogens is 2. The van der Waals surface area contributed by atoms with Crippen molar-refractivity contribution in [2.24, 2.45) is 0 Å². The van der Waals surface area contributed by atoms with Crippen molar-refractivity contribution >= 4 is 5.91 Å². The van der Waals surface area contributed by atoms with Gasteiger partial charge in [0.25, 0.3) is 5.91 Å². The summed E-state index contributed by atoms with van der Waals surface area (Å²) in [4.78, 5) is 15.3. The molecule has 0 radical (unpaired) electrons. The molecule has 1 atom stereocenters. The van der Waals surface area contributed by atoms with Gasteiger partial charge in [-0.3, -0.25) is 9.89 Å². The number of nitrogens with one attached hydrogen (secondary N) is 2. The van der Waals surface area contributed by atoms with Crippen molar-refractivity contribution in [3.8, 4) is 11.3 Å². The number of amides is 1. The molecule has 1 aromatic carbocycles. The Labute approximate surface area is 160 Å². The van der Waals surface area contributed by atoms with E-state index >= 15 is 0 Å². The van der Waals surface area contributed by atoms with Gasteiger partial charge in [0.2, 0.25) is 0 Å². The fraction of sp³-hybridized carbons (Fsp3) is 0.524. The molecule has 0 bridgehead atoms. The molecule has 2 saturated heterocycles. The van der Waals surface area contributed by atoms with Crippen LogP contribution in [0.2, 0.25) is 0 Å². The summed E-state index contributed by atoms with van der Waals surface area (Å²) < 4.78 is 5.74. The molecular weight excluding hydrogens is 340 g/mol. The van der Waals surface area contributed by atoms with Gasteiger partial charge in [-0.1, -0.05) is 23.8 Å². The van der Waals surface area contributed by atoms with E-state index in [1.54, 1.807) is 6.20 Å². The van der Waals surface area contributed by atoms with Crippen molar-refractivity contribution in [2.45, 2.75) is 44.8 Å². The normalized spacial score (nSPS) is 21.4. The number of rotatable bonds is 5. The second kappa shape index (κ2) is 8.23. The first-order chi connectivity index (χ1) is 13.2.